The van der Waals surface area contributed by atoms with Crippen molar-refractivity contribution in [2.24, 2.45) is 10.9 Å². The topological polar surface area (TPSA) is 15.6 Å². The molecule has 1 aliphatic heterocycles. The van der Waals surface area contributed by atoms with Gasteiger partial charge in [-0.05, 0) is 51.0 Å². The van der Waals surface area contributed by atoms with Crippen molar-refractivity contribution in [2.45, 2.75) is 51.6 Å². The van der Waals surface area contributed by atoms with Crippen LogP contribution in [0.3, 0.4) is 0 Å². The maximum absolute atomic E-state index is 4.54. The van der Waals surface area contributed by atoms with Crippen molar-refractivity contribution in [2.75, 3.05) is 7.05 Å². The fourth-order valence-electron chi connectivity index (χ4n) is 2.98. The molecule has 94 valence electrons. The third-order valence-corrected chi connectivity index (χ3v) is 4.07. The van der Waals surface area contributed by atoms with E-state index < -0.39 is 0 Å². The molecule has 1 unspecified atom stereocenters. The predicted octanol–water partition coefficient (Wildman–Crippen LogP) is 3.76. The first-order valence-corrected chi connectivity index (χ1v) is 6.88. The number of allylic oxidation sites excluding steroid dienone is 3. The van der Waals surface area contributed by atoms with Crippen LogP contribution < -0.4 is 0 Å². The number of nitrogens with zero attached hydrogens (tertiary/aromatic N) is 2. The molecule has 0 saturated heterocycles. The first kappa shape index (κ1) is 12.4. The molecule has 1 aliphatic carbocycles. The van der Waals surface area contributed by atoms with E-state index in [1.807, 2.05) is 12.3 Å². The lowest BCUT2D eigenvalue weighted by molar-refractivity contribution is 0.290. The molecule has 1 fully saturated rings. The second kappa shape index (κ2) is 6.04. The summed E-state index contributed by atoms with van der Waals surface area (Å²) in [6.45, 7) is 2.20. The summed E-state index contributed by atoms with van der Waals surface area (Å²) in [5, 5.41) is 0. The maximum Gasteiger partial charge on any atom is 0.120 e. The van der Waals surface area contributed by atoms with Crippen LogP contribution in [0, 0.1) is 5.92 Å². The average molecular weight is 232 g/mol. The summed E-state index contributed by atoms with van der Waals surface area (Å²) in [6, 6.07) is 0. The van der Waals surface area contributed by atoms with Crippen molar-refractivity contribution in [1.82, 2.24) is 4.90 Å². The van der Waals surface area contributed by atoms with Crippen molar-refractivity contribution in [3.8, 4) is 0 Å². The first-order chi connectivity index (χ1) is 8.31. The van der Waals surface area contributed by atoms with Gasteiger partial charge < -0.3 is 4.90 Å². The van der Waals surface area contributed by atoms with Gasteiger partial charge >= 0.3 is 0 Å². The molecule has 2 rings (SSSR count). The Balaban J connectivity index is 1.84. The van der Waals surface area contributed by atoms with Crippen molar-refractivity contribution in [1.29, 1.82) is 0 Å². The van der Waals surface area contributed by atoms with Crippen LogP contribution in [-0.4, -0.2) is 24.3 Å². The summed E-state index contributed by atoms with van der Waals surface area (Å²) in [5.74, 6) is 0.822. The third-order valence-electron chi connectivity index (χ3n) is 4.07. The molecule has 0 aromatic rings. The Labute approximate surface area is 105 Å². The van der Waals surface area contributed by atoms with Gasteiger partial charge in [0.05, 0.1) is 0 Å². The van der Waals surface area contributed by atoms with Crippen molar-refractivity contribution in [3.63, 3.8) is 0 Å². The Morgan fingerprint density at radius 1 is 1.41 bits per heavy atom. The van der Waals surface area contributed by atoms with Crippen molar-refractivity contribution in [3.05, 3.63) is 23.9 Å². The molecule has 17 heavy (non-hydrogen) atoms. The summed E-state index contributed by atoms with van der Waals surface area (Å²) in [7, 11) is 2.12. The Morgan fingerprint density at radius 3 is 3.06 bits per heavy atom. The van der Waals surface area contributed by atoms with E-state index in [1.165, 1.54) is 38.5 Å². The molecule has 0 bridgehead atoms. The number of hydrogen-bond donors (Lipinski definition) is 0. The molecule has 1 saturated carbocycles. The molecule has 2 atom stereocenters. The smallest absolute Gasteiger partial charge is 0.120 e. The molecule has 0 N–H and O–H groups in total. The van der Waals surface area contributed by atoms with E-state index in [2.05, 4.69) is 36.1 Å². The Bertz CT molecular complexity index is 328. The predicted molar refractivity (Wildman–Crippen MR) is 74.1 cm³/mol. The van der Waals surface area contributed by atoms with Gasteiger partial charge in [-0.3, -0.25) is 4.99 Å². The van der Waals surface area contributed by atoms with Crippen molar-refractivity contribution >= 4 is 6.21 Å². The highest BCUT2D eigenvalue weighted by Gasteiger charge is 2.20. The highest BCUT2D eigenvalue weighted by Crippen LogP contribution is 2.33. The van der Waals surface area contributed by atoms with E-state index in [0.717, 1.165) is 5.92 Å². The van der Waals surface area contributed by atoms with Crippen molar-refractivity contribution < 1.29 is 0 Å². The molecule has 0 aromatic carbocycles. The van der Waals surface area contributed by atoms with E-state index in [1.54, 1.807) is 5.57 Å². The molecular weight excluding hydrogens is 208 g/mol. The van der Waals surface area contributed by atoms with Crippen LogP contribution in [0.4, 0.5) is 0 Å². The lowest BCUT2D eigenvalue weighted by atomic mass is 9.81. The summed E-state index contributed by atoms with van der Waals surface area (Å²) < 4.78 is 0. The molecule has 0 amide bonds. The van der Waals surface area contributed by atoms with Gasteiger partial charge in [-0.2, -0.15) is 0 Å². The third kappa shape index (κ3) is 3.21. The van der Waals surface area contributed by atoms with Crippen LogP contribution >= 0.6 is 0 Å². The molecular formula is C15H24N2. The van der Waals surface area contributed by atoms with Gasteiger partial charge in [0.2, 0.25) is 0 Å². The Morgan fingerprint density at radius 2 is 2.29 bits per heavy atom. The minimum atomic E-state index is 0.361. The zero-order valence-electron chi connectivity index (χ0n) is 11.1. The van der Waals surface area contributed by atoms with Gasteiger partial charge in [-0.15, -0.1) is 0 Å². The molecule has 2 aliphatic rings. The van der Waals surface area contributed by atoms with Gasteiger partial charge in [-0.1, -0.05) is 18.1 Å². The largest absolute Gasteiger partial charge is 0.359 e. The van der Waals surface area contributed by atoms with Crippen LogP contribution in [0.15, 0.2) is 28.9 Å². The fraction of sp³-hybridized carbons (Fsp3) is 0.667. The van der Waals surface area contributed by atoms with E-state index in [4.69, 9.17) is 0 Å². The zero-order chi connectivity index (χ0) is 12.1. The minimum absolute atomic E-state index is 0.361. The molecule has 0 aromatic heterocycles. The van der Waals surface area contributed by atoms with Gasteiger partial charge in [0.15, 0.2) is 0 Å². The Hall–Kier alpha value is -1.05. The second-order valence-electron chi connectivity index (χ2n) is 5.17. The van der Waals surface area contributed by atoms with Crippen LogP contribution in [-0.2, 0) is 0 Å². The van der Waals surface area contributed by atoms with Crippen LogP contribution in [0.5, 0.6) is 0 Å². The average Bonchev–Trinajstić information content (AvgIpc) is 2.38. The number of rotatable bonds is 3. The van der Waals surface area contributed by atoms with E-state index in [0.29, 0.717) is 6.17 Å². The number of hydrogen-bond acceptors (Lipinski definition) is 2. The highest BCUT2D eigenvalue weighted by atomic mass is 15.2. The standard InChI is InChI=1S/C15H24N2/c1-3-13-7-4-5-8-14(13)9-10-15-16-11-6-12-17(15)2/h3,6,11-12,14-15H,4-5,7-10H2,1-2H3/b13-3+/t14-,15?/m1/s1. The SMILES string of the molecule is C/C=C1\CCCC[C@@H]1CCC1N=CC=CN1C. The summed E-state index contributed by atoms with van der Waals surface area (Å²) in [5.41, 5.74) is 1.69. The van der Waals surface area contributed by atoms with Gasteiger partial charge in [0.1, 0.15) is 6.17 Å². The minimum Gasteiger partial charge on any atom is -0.359 e. The van der Waals surface area contributed by atoms with Gasteiger partial charge in [0.25, 0.3) is 0 Å². The molecule has 1 heterocycles. The van der Waals surface area contributed by atoms with Crippen LogP contribution in [0.25, 0.3) is 0 Å². The van der Waals surface area contributed by atoms with Gasteiger partial charge in [0, 0.05) is 19.5 Å². The first-order valence-electron chi connectivity index (χ1n) is 6.88. The quantitative estimate of drug-likeness (QED) is 0.676. The molecule has 2 heteroatoms. The molecule has 0 spiro atoms. The second-order valence-corrected chi connectivity index (χ2v) is 5.17. The maximum atomic E-state index is 4.54. The Kier molecular flexibility index (Phi) is 4.41. The van der Waals surface area contributed by atoms with Crippen LogP contribution in [0.2, 0.25) is 0 Å². The number of aliphatic imine (C=N–C) groups is 1. The van der Waals surface area contributed by atoms with Gasteiger partial charge in [-0.25, -0.2) is 0 Å². The molecule has 2 nitrogen and oxygen atoms in total. The van der Waals surface area contributed by atoms with E-state index in [9.17, 15) is 0 Å². The fourth-order valence-corrected chi connectivity index (χ4v) is 2.98. The normalized spacial score (nSPS) is 31.2. The summed E-state index contributed by atoms with van der Waals surface area (Å²) in [6.07, 6.45) is 16.7. The lowest BCUT2D eigenvalue weighted by Gasteiger charge is -2.29. The monoisotopic (exact) mass is 232 g/mol. The van der Waals surface area contributed by atoms with E-state index >= 15 is 0 Å². The summed E-state index contributed by atoms with van der Waals surface area (Å²) in [4.78, 5) is 6.76. The zero-order valence-corrected chi connectivity index (χ0v) is 11.1. The summed E-state index contributed by atoms with van der Waals surface area (Å²) >= 11 is 0. The van der Waals surface area contributed by atoms with Crippen LogP contribution in [0.1, 0.15) is 45.4 Å². The lowest BCUT2D eigenvalue weighted by Crippen LogP contribution is -2.28. The van der Waals surface area contributed by atoms with E-state index in [-0.39, 0.29) is 0 Å². The molecule has 0 radical (unpaired) electrons. The highest BCUT2D eigenvalue weighted by molar-refractivity contribution is 5.71.